The number of pyridine rings is 2. The highest BCUT2D eigenvalue weighted by molar-refractivity contribution is 6.30. The number of rotatable bonds is 7. The zero-order valence-electron chi connectivity index (χ0n) is 21.9. The molecule has 4 heterocycles. The summed E-state index contributed by atoms with van der Waals surface area (Å²) in [5, 5.41) is 3.02. The van der Waals surface area contributed by atoms with Crippen LogP contribution in [-0.4, -0.2) is 51.4 Å². The van der Waals surface area contributed by atoms with Gasteiger partial charge in [0.2, 0.25) is 0 Å². The van der Waals surface area contributed by atoms with Crippen LogP contribution in [0.4, 0.5) is 0 Å². The molecule has 4 unspecified atom stereocenters. The van der Waals surface area contributed by atoms with Gasteiger partial charge in [0.15, 0.2) is 5.65 Å². The number of benzene rings is 1. The number of carbonyl (C=O) groups excluding carboxylic acids is 1. The van der Waals surface area contributed by atoms with E-state index in [2.05, 4.69) is 32.0 Å². The summed E-state index contributed by atoms with van der Waals surface area (Å²) in [6, 6.07) is 12.2. The number of nitrogens with one attached hydrogen (secondary N) is 1. The third-order valence-electron chi connectivity index (χ3n) is 8.66. The van der Waals surface area contributed by atoms with Crippen LogP contribution < -0.4 is 4.74 Å². The number of likely N-dealkylation sites (tertiary alicyclic amines) is 1. The van der Waals surface area contributed by atoms with E-state index in [0.717, 1.165) is 72.5 Å². The molecule has 1 aromatic carbocycles. The summed E-state index contributed by atoms with van der Waals surface area (Å²) < 4.78 is 6.11. The maximum atomic E-state index is 13.4. The van der Waals surface area contributed by atoms with Crippen LogP contribution in [0.3, 0.4) is 0 Å². The Bertz CT molecular complexity index is 1420. The molecule has 38 heavy (non-hydrogen) atoms. The van der Waals surface area contributed by atoms with E-state index in [4.69, 9.17) is 16.3 Å². The average Bonchev–Trinajstić information content (AvgIpc) is 3.45. The number of nitrogens with zero attached hydrogens (tertiary/aromatic N) is 3. The molecule has 1 aliphatic heterocycles. The monoisotopic (exact) mass is 530 g/mol. The van der Waals surface area contributed by atoms with Crippen molar-refractivity contribution in [2.24, 2.45) is 11.8 Å². The van der Waals surface area contributed by atoms with Gasteiger partial charge in [0.25, 0.3) is 0 Å². The molecule has 7 heteroatoms. The lowest BCUT2D eigenvalue weighted by molar-refractivity contribution is -0.126. The Morgan fingerprint density at radius 1 is 1.13 bits per heavy atom. The van der Waals surface area contributed by atoms with Crippen LogP contribution in [0.15, 0.2) is 55.0 Å². The highest BCUT2D eigenvalue weighted by Gasteiger charge is 2.40. The Kier molecular flexibility index (Phi) is 7.35. The van der Waals surface area contributed by atoms with Gasteiger partial charge in [-0.3, -0.25) is 9.69 Å². The Morgan fingerprint density at radius 3 is 2.84 bits per heavy atom. The number of aromatic nitrogens is 3. The zero-order valence-corrected chi connectivity index (χ0v) is 22.7. The Balaban J connectivity index is 1.20. The minimum Gasteiger partial charge on any atom is -0.493 e. The quantitative estimate of drug-likeness (QED) is 0.285. The van der Waals surface area contributed by atoms with E-state index in [0.29, 0.717) is 36.7 Å². The fourth-order valence-corrected chi connectivity index (χ4v) is 6.91. The summed E-state index contributed by atoms with van der Waals surface area (Å²) in [5.74, 6) is 2.13. The van der Waals surface area contributed by atoms with Gasteiger partial charge >= 0.3 is 0 Å². The maximum absolute atomic E-state index is 13.4. The number of halogens is 1. The lowest BCUT2D eigenvalue weighted by Crippen LogP contribution is -2.51. The van der Waals surface area contributed by atoms with Crippen LogP contribution >= 0.6 is 11.6 Å². The number of ketones is 1. The first-order valence-electron chi connectivity index (χ1n) is 14.0. The molecule has 0 radical (unpaired) electrons. The van der Waals surface area contributed by atoms with E-state index in [1.807, 2.05) is 49.8 Å². The molecule has 6 rings (SSSR count). The molecule has 0 amide bonds. The molecule has 1 saturated heterocycles. The van der Waals surface area contributed by atoms with Gasteiger partial charge in [0.1, 0.15) is 11.5 Å². The Hall–Kier alpha value is -2.96. The van der Waals surface area contributed by atoms with Crippen molar-refractivity contribution < 1.29 is 9.53 Å². The van der Waals surface area contributed by atoms with E-state index in [1.54, 1.807) is 0 Å². The summed E-state index contributed by atoms with van der Waals surface area (Å²) in [4.78, 5) is 28.3. The molecule has 2 aliphatic rings. The van der Waals surface area contributed by atoms with E-state index >= 15 is 0 Å². The van der Waals surface area contributed by atoms with E-state index in [-0.39, 0.29) is 5.92 Å². The maximum Gasteiger partial charge on any atom is 0.159 e. The number of Topliss-reactive ketones (excluding diaryl/α,β-unsaturated/α-hetero) is 1. The van der Waals surface area contributed by atoms with Gasteiger partial charge < -0.3 is 9.72 Å². The molecule has 1 aliphatic carbocycles. The summed E-state index contributed by atoms with van der Waals surface area (Å²) in [7, 11) is 0. The topological polar surface area (TPSA) is 71.1 Å². The van der Waals surface area contributed by atoms with Gasteiger partial charge in [-0.15, -0.1) is 0 Å². The molecule has 0 bridgehead atoms. The van der Waals surface area contributed by atoms with Crippen LogP contribution in [0.2, 0.25) is 5.02 Å². The molecular weight excluding hydrogens is 496 g/mol. The minimum absolute atomic E-state index is 0.0593. The van der Waals surface area contributed by atoms with Gasteiger partial charge in [0.05, 0.1) is 18.3 Å². The van der Waals surface area contributed by atoms with Crippen molar-refractivity contribution in [1.82, 2.24) is 19.9 Å². The van der Waals surface area contributed by atoms with Crippen LogP contribution in [-0.2, 0) is 4.79 Å². The third kappa shape index (κ3) is 5.04. The molecule has 1 saturated carbocycles. The Morgan fingerprint density at radius 2 is 2.00 bits per heavy atom. The second-order valence-electron chi connectivity index (χ2n) is 10.9. The molecular formula is C31H35ClN4O2. The number of ether oxygens (including phenoxy) is 1. The fourth-order valence-electron chi connectivity index (χ4n) is 6.79. The standard InChI is InChI=1S/C31H35ClN4O2/c1-2-29(37)26-16-21(24-11-13-33-27-17-35-31-25(30(24)27)12-14-34-31)5-10-28(26)36-15-3-4-20(18-36)19-38-23-8-6-22(32)7-9-23/h6-9,11-14,17,20-21,26,28,33H,2-5,10,15-16,18-19H2,1H3. The minimum atomic E-state index is 0.0593. The summed E-state index contributed by atoms with van der Waals surface area (Å²) in [6.45, 7) is 4.77. The van der Waals surface area contributed by atoms with Crippen LogP contribution in [0.25, 0.3) is 21.9 Å². The van der Waals surface area contributed by atoms with E-state index in [9.17, 15) is 4.79 Å². The van der Waals surface area contributed by atoms with Gasteiger partial charge in [-0.1, -0.05) is 18.5 Å². The molecule has 3 aromatic heterocycles. The third-order valence-corrected chi connectivity index (χ3v) is 8.91. The molecule has 198 valence electrons. The van der Waals surface area contributed by atoms with Crippen molar-refractivity contribution in [2.75, 3.05) is 19.7 Å². The number of hydrogen-bond donors (Lipinski definition) is 1. The highest BCUT2D eigenvalue weighted by Crippen LogP contribution is 2.43. The summed E-state index contributed by atoms with van der Waals surface area (Å²) in [5.41, 5.74) is 3.14. The van der Waals surface area contributed by atoms with E-state index in [1.165, 1.54) is 10.9 Å². The molecule has 0 spiro atoms. The lowest BCUT2D eigenvalue weighted by Gasteiger charge is -2.45. The first kappa shape index (κ1) is 25.3. The number of hydrogen-bond acceptors (Lipinski definition) is 5. The fraction of sp³-hybridized carbons (Fsp3) is 0.452. The van der Waals surface area contributed by atoms with E-state index < -0.39 is 0 Å². The van der Waals surface area contributed by atoms with Crippen molar-refractivity contribution >= 4 is 39.3 Å². The number of H-pyrrole nitrogens is 1. The second kappa shape index (κ2) is 11.0. The zero-order chi connectivity index (χ0) is 26.1. The molecule has 1 N–H and O–H groups in total. The number of aromatic amines is 1. The largest absolute Gasteiger partial charge is 0.493 e. The average molecular weight is 531 g/mol. The van der Waals surface area contributed by atoms with Crippen molar-refractivity contribution in [2.45, 2.75) is 57.4 Å². The first-order chi connectivity index (χ1) is 18.6. The molecule has 6 nitrogen and oxygen atoms in total. The number of carbonyl (C=O) groups is 1. The predicted octanol–water partition coefficient (Wildman–Crippen LogP) is 6.79. The second-order valence-corrected chi connectivity index (χ2v) is 11.4. The van der Waals surface area contributed by atoms with Gasteiger partial charge in [-0.25, -0.2) is 9.97 Å². The smallest absolute Gasteiger partial charge is 0.159 e. The number of fused-ring (bicyclic) bond motifs is 3. The van der Waals surface area contributed by atoms with Gasteiger partial charge in [-0.05, 0) is 86.5 Å². The van der Waals surface area contributed by atoms with Crippen LogP contribution in [0.5, 0.6) is 5.75 Å². The number of piperidine rings is 1. The summed E-state index contributed by atoms with van der Waals surface area (Å²) in [6.07, 6.45) is 11.7. The SMILES string of the molecule is CCC(=O)C1CC(c2cc[nH]c3cnc4nccc4c23)CCC1N1CCCC(COc2ccc(Cl)cc2)C1. The summed E-state index contributed by atoms with van der Waals surface area (Å²) >= 11 is 6.02. The molecule has 4 atom stereocenters. The van der Waals surface area contributed by atoms with Crippen LogP contribution in [0.1, 0.15) is 56.9 Å². The van der Waals surface area contributed by atoms with Crippen LogP contribution in [0, 0.1) is 11.8 Å². The van der Waals surface area contributed by atoms with Crippen molar-refractivity contribution in [3.8, 4) is 5.75 Å². The predicted molar refractivity (Wildman–Crippen MR) is 152 cm³/mol. The lowest BCUT2D eigenvalue weighted by atomic mass is 9.71. The highest BCUT2D eigenvalue weighted by atomic mass is 35.5. The molecule has 2 fully saturated rings. The van der Waals surface area contributed by atoms with Crippen molar-refractivity contribution in [3.05, 3.63) is 65.6 Å². The van der Waals surface area contributed by atoms with Gasteiger partial charge in [0, 0.05) is 59.0 Å². The van der Waals surface area contributed by atoms with Crippen molar-refractivity contribution in [3.63, 3.8) is 0 Å². The molecule has 4 aromatic rings. The normalized spacial score (nSPS) is 24.6. The first-order valence-corrected chi connectivity index (χ1v) is 14.3. The van der Waals surface area contributed by atoms with Gasteiger partial charge in [-0.2, -0.15) is 0 Å². The van der Waals surface area contributed by atoms with Crippen molar-refractivity contribution in [1.29, 1.82) is 0 Å². The Labute approximate surface area is 228 Å².